The van der Waals surface area contributed by atoms with Crippen molar-refractivity contribution in [1.82, 2.24) is 25.2 Å². The number of nitrogens with one attached hydrogen (secondary N) is 1. The van der Waals surface area contributed by atoms with Gasteiger partial charge in [0.25, 0.3) is 0 Å². The van der Waals surface area contributed by atoms with E-state index in [9.17, 15) is 5.26 Å². The molecule has 1 saturated heterocycles. The van der Waals surface area contributed by atoms with Crippen molar-refractivity contribution in [3.63, 3.8) is 0 Å². The normalized spacial score (nSPS) is 17.0. The van der Waals surface area contributed by atoms with Crippen LogP contribution in [0.25, 0.3) is 10.9 Å². The summed E-state index contributed by atoms with van der Waals surface area (Å²) in [6, 6.07) is 11.4. The van der Waals surface area contributed by atoms with Crippen LogP contribution in [-0.4, -0.2) is 51.5 Å². The molecule has 1 atom stereocenters. The minimum atomic E-state index is 0.0754. The van der Waals surface area contributed by atoms with E-state index < -0.39 is 0 Å². The minimum absolute atomic E-state index is 0.0754. The average Bonchev–Trinajstić information content (AvgIpc) is 2.78. The molecule has 4 rings (SSSR count). The monoisotopic (exact) mass is 449 g/mol. The van der Waals surface area contributed by atoms with Gasteiger partial charge < -0.3 is 15.5 Å². The highest BCUT2D eigenvalue weighted by molar-refractivity contribution is 6.29. The summed E-state index contributed by atoms with van der Waals surface area (Å²) in [5.41, 5.74) is 7.41. The molecule has 0 bridgehead atoms. The predicted molar refractivity (Wildman–Crippen MR) is 127 cm³/mol. The van der Waals surface area contributed by atoms with Gasteiger partial charge in [0.05, 0.1) is 17.2 Å². The van der Waals surface area contributed by atoms with Crippen LogP contribution in [0.1, 0.15) is 13.8 Å². The Morgan fingerprint density at radius 1 is 1.28 bits per heavy atom. The van der Waals surface area contributed by atoms with Crippen LogP contribution in [0.4, 0.5) is 17.5 Å². The first-order valence-corrected chi connectivity index (χ1v) is 10.7. The van der Waals surface area contributed by atoms with Crippen LogP contribution in [0.15, 0.2) is 47.6 Å². The first-order valence-electron chi connectivity index (χ1n) is 10.4. The van der Waals surface area contributed by atoms with Gasteiger partial charge >= 0.3 is 0 Å². The molecular formula is C22H24ClN9. The third-order valence-corrected chi connectivity index (χ3v) is 5.69. The van der Waals surface area contributed by atoms with Gasteiger partial charge in [-0.3, -0.25) is 10.3 Å². The van der Waals surface area contributed by atoms with E-state index in [1.54, 1.807) is 12.3 Å². The van der Waals surface area contributed by atoms with Gasteiger partial charge in [0.2, 0.25) is 11.9 Å². The second kappa shape index (κ2) is 9.24. The lowest BCUT2D eigenvalue weighted by Gasteiger charge is -2.44. The predicted octanol–water partition coefficient (Wildman–Crippen LogP) is 3.17. The first kappa shape index (κ1) is 21.6. The number of pyridine rings is 1. The Bertz CT molecular complexity index is 1160. The molecule has 32 heavy (non-hydrogen) atoms. The van der Waals surface area contributed by atoms with Crippen LogP contribution in [0.5, 0.6) is 0 Å². The molecule has 1 aliphatic rings. The Morgan fingerprint density at radius 3 is 2.88 bits per heavy atom. The number of fused-ring (bicyclic) bond motifs is 1. The van der Waals surface area contributed by atoms with Crippen molar-refractivity contribution >= 4 is 45.9 Å². The molecule has 2 aromatic heterocycles. The molecule has 0 spiro atoms. The molecule has 1 unspecified atom stereocenters. The van der Waals surface area contributed by atoms with E-state index in [2.05, 4.69) is 43.9 Å². The number of hydrogen-bond acceptors (Lipinski definition) is 7. The van der Waals surface area contributed by atoms with Gasteiger partial charge in [0.15, 0.2) is 6.19 Å². The van der Waals surface area contributed by atoms with Gasteiger partial charge in [0, 0.05) is 37.3 Å². The van der Waals surface area contributed by atoms with Crippen molar-refractivity contribution in [3.8, 4) is 6.19 Å². The van der Waals surface area contributed by atoms with Gasteiger partial charge in [-0.2, -0.15) is 10.2 Å². The maximum atomic E-state index is 9.44. The lowest BCUT2D eigenvalue weighted by atomic mass is 9.99. The molecule has 3 N–H and O–H groups in total. The molecule has 10 heteroatoms. The molecule has 1 fully saturated rings. The van der Waals surface area contributed by atoms with Crippen molar-refractivity contribution in [2.45, 2.75) is 19.9 Å². The maximum absolute atomic E-state index is 9.44. The Balaban J connectivity index is 1.68. The summed E-state index contributed by atoms with van der Waals surface area (Å²) >= 11 is 6.09. The first-order chi connectivity index (χ1) is 15.5. The third-order valence-electron chi connectivity index (χ3n) is 5.50. The standard InChI is InChI=1S/C22H24ClN9/c1-14(2)18-12-31(20-11-19(23)29-21(25)30-20)9-10-32(18)22(27-13-24)28-17-7-3-6-16-15(17)5-4-8-26-16/h3-8,11,14,18H,9-10,12H2,1-2H3,(H,27,28)(H2,25,29,30). The van der Waals surface area contributed by atoms with Gasteiger partial charge in [-0.1, -0.05) is 31.5 Å². The van der Waals surface area contributed by atoms with Crippen molar-refractivity contribution in [3.05, 3.63) is 47.7 Å². The highest BCUT2D eigenvalue weighted by atomic mass is 35.5. The molecule has 0 amide bonds. The second-order valence-electron chi connectivity index (χ2n) is 7.88. The summed E-state index contributed by atoms with van der Waals surface area (Å²) in [6.07, 6.45) is 3.80. The molecular weight excluding hydrogens is 426 g/mol. The van der Waals surface area contributed by atoms with Crippen LogP contribution < -0.4 is 16.0 Å². The lowest BCUT2D eigenvalue weighted by molar-refractivity contribution is 0.220. The summed E-state index contributed by atoms with van der Waals surface area (Å²) in [5.74, 6) is 1.64. The molecule has 164 valence electrons. The number of aromatic nitrogens is 3. The van der Waals surface area contributed by atoms with Crippen molar-refractivity contribution in [2.75, 3.05) is 30.3 Å². The molecule has 0 radical (unpaired) electrons. The number of nitriles is 1. The summed E-state index contributed by atoms with van der Waals surface area (Å²) in [5, 5.41) is 13.5. The largest absolute Gasteiger partial charge is 0.368 e. The van der Waals surface area contributed by atoms with E-state index in [1.165, 1.54) is 0 Å². The third kappa shape index (κ3) is 4.50. The number of aliphatic imine (C=N–C) groups is 1. The Morgan fingerprint density at radius 2 is 2.12 bits per heavy atom. The van der Waals surface area contributed by atoms with Crippen LogP contribution in [0, 0.1) is 17.4 Å². The molecule has 1 aliphatic heterocycles. The summed E-state index contributed by atoms with van der Waals surface area (Å²) in [7, 11) is 0. The number of guanidine groups is 1. The quantitative estimate of drug-likeness (QED) is 0.206. The molecule has 9 nitrogen and oxygen atoms in total. The van der Waals surface area contributed by atoms with E-state index >= 15 is 0 Å². The highest BCUT2D eigenvalue weighted by Crippen LogP contribution is 2.27. The van der Waals surface area contributed by atoms with E-state index in [0.717, 1.165) is 16.6 Å². The highest BCUT2D eigenvalue weighted by Gasteiger charge is 2.32. The number of hydrogen-bond donors (Lipinski definition) is 2. The number of anilines is 2. The number of halogens is 1. The number of nitrogens with zero attached hydrogens (tertiary/aromatic N) is 7. The average molecular weight is 450 g/mol. The number of benzene rings is 1. The zero-order valence-electron chi connectivity index (χ0n) is 17.9. The van der Waals surface area contributed by atoms with Crippen LogP contribution in [0.2, 0.25) is 5.15 Å². The Hall–Kier alpha value is -3.64. The topological polar surface area (TPSA) is 119 Å². The van der Waals surface area contributed by atoms with Crippen LogP contribution in [0.3, 0.4) is 0 Å². The summed E-state index contributed by atoms with van der Waals surface area (Å²) in [4.78, 5) is 21.8. The zero-order chi connectivity index (χ0) is 22.7. The van der Waals surface area contributed by atoms with E-state index in [0.29, 0.717) is 36.6 Å². The van der Waals surface area contributed by atoms with Gasteiger partial charge in [-0.05, 0) is 30.2 Å². The van der Waals surface area contributed by atoms with Crippen LogP contribution >= 0.6 is 11.6 Å². The van der Waals surface area contributed by atoms with E-state index in [1.807, 2.05) is 36.5 Å². The Kier molecular flexibility index (Phi) is 6.23. The van der Waals surface area contributed by atoms with E-state index in [4.69, 9.17) is 22.3 Å². The van der Waals surface area contributed by atoms with Crippen molar-refractivity contribution in [2.24, 2.45) is 10.9 Å². The minimum Gasteiger partial charge on any atom is -0.368 e. The lowest BCUT2D eigenvalue weighted by Crippen LogP contribution is -2.59. The second-order valence-corrected chi connectivity index (χ2v) is 8.26. The number of piperazine rings is 1. The van der Waals surface area contributed by atoms with E-state index in [-0.39, 0.29) is 17.9 Å². The fourth-order valence-corrected chi connectivity index (χ4v) is 4.13. The molecule has 0 aliphatic carbocycles. The van der Waals surface area contributed by atoms with Gasteiger partial charge in [-0.15, -0.1) is 0 Å². The molecule has 3 aromatic rings. The number of nitrogens with two attached hydrogens (primary N) is 1. The van der Waals surface area contributed by atoms with Crippen LogP contribution in [-0.2, 0) is 0 Å². The smallest absolute Gasteiger partial charge is 0.223 e. The van der Waals surface area contributed by atoms with Gasteiger partial charge in [-0.25, -0.2) is 9.98 Å². The SMILES string of the molecule is CC(C)C1CN(c2cc(Cl)nc(N)n2)CCN1C(=Nc1cccc2ncccc12)NC#N. The molecule has 0 saturated carbocycles. The maximum Gasteiger partial charge on any atom is 0.223 e. The fraction of sp³-hybridized carbons (Fsp3) is 0.318. The van der Waals surface area contributed by atoms with Gasteiger partial charge in [0.1, 0.15) is 11.0 Å². The number of rotatable bonds is 3. The number of nitrogen functional groups attached to an aromatic ring is 1. The summed E-state index contributed by atoms with van der Waals surface area (Å²) in [6.45, 7) is 6.27. The zero-order valence-corrected chi connectivity index (χ0v) is 18.7. The Labute approximate surface area is 191 Å². The summed E-state index contributed by atoms with van der Waals surface area (Å²) < 4.78 is 0. The van der Waals surface area contributed by atoms with Crippen molar-refractivity contribution in [1.29, 1.82) is 5.26 Å². The fourth-order valence-electron chi connectivity index (χ4n) is 3.95. The molecule has 3 heterocycles. The molecule has 1 aromatic carbocycles. The van der Waals surface area contributed by atoms with Crippen molar-refractivity contribution < 1.29 is 0 Å².